The summed E-state index contributed by atoms with van der Waals surface area (Å²) in [4.78, 5) is 28.1. The zero-order valence-electron chi connectivity index (χ0n) is 18.9. The molecule has 1 saturated heterocycles. The molecule has 1 heterocycles. The van der Waals surface area contributed by atoms with Gasteiger partial charge >= 0.3 is 0 Å². The van der Waals surface area contributed by atoms with Crippen LogP contribution in [0.1, 0.15) is 34.5 Å². The van der Waals surface area contributed by atoms with E-state index in [-0.39, 0.29) is 22.6 Å². The molecule has 0 bridgehead atoms. The number of nitro groups is 1. The molecule has 0 radical (unpaired) electrons. The van der Waals surface area contributed by atoms with Crippen LogP contribution in [0.2, 0.25) is 0 Å². The van der Waals surface area contributed by atoms with Crippen LogP contribution < -0.4 is 10.2 Å². The molecule has 33 heavy (non-hydrogen) atoms. The maximum Gasteiger partial charge on any atom is 0.292 e. The molecule has 0 saturated carbocycles. The lowest BCUT2D eigenvalue weighted by Gasteiger charge is -2.36. The first kappa shape index (κ1) is 22.3. The molecule has 0 unspecified atom stereocenters. The fourth-order valence-electron chi connectivity index (χ4n) is 4.10. The Morgan fingerprint density at radius 1 is 0.970 bits per heavy atom. The Kier molecular flexibility index (Phi) is 6.58. The van der Waals surface area contributed by atoms with Crippen molar-refractivity contribution < 1.29 is 9.72 Å². The molecule has 0 spiro atoms. The van der Waals surface area contributed by atoms with Gasteiger partial charge in [-0.05, 0) is 43.7 Å². The van der Waals surface area contributed by atoms with Crippen molar-refractivity contribution in [2.75, 3.05) is 36.4 Å². The van der Waals surface area contributed by atoms with Crippen LogP contribution in [0.3, 0.4) is 0 Å². The molecule has 0 aromatic heterocycles. The van der Waals surface area contributed by atoms with Crippen molar-refractivity contribution in [3.8, 4) is 0 Å². The first-order chi connectivity index (χ1) is 15.9. The molecule has 1 N–H and O–H groups in total. The summed E-state index contributed by atoms with van der Waals surface area (Å²) in [6.07, 6.45) is 0. The zero-order valence-corrected chi connectivity index (χ0v) is 18.9. The normalized spacial score (nSPS) is 14.6. The van der Waals surface area contributed by atoms with E-state index >= 15 is 0 Å². The van der Waals surface area contributed by atoms with Gasteiger partial charge in [0.25, 0.3) is 11.6 Å². The number of hydrogen-bond donors (Lipinski definition) is 1. The van der Waals surface area contributed by atoms with Crippen molar-refractivity contribution in [2.24, 2.45) is 0 Å². The number of anilines is 2. The largest absolute Gasteiger partial charge is 0.373 e. The lowest BCUT2D eigenvalue weighted by atomic mass is 10.1. The standard InChI is InChI=1S/C26H28N4O3/c1-19-8-10-22(11-9-19)26(31)29-16-14-28(15-17-29)23-12-13-25(30(32)33)24(18-23)27-20(2)21-6-4-3-5-7-21/h3-13,18,20,27H,14-17H2,1-2H3/t20-/m1/s1. The van der Waals surface area contributed by atoms with E-state index in [0.717, 1.165) is 16.8 Å². The predicted molar refractivity (Wildman–Crippen MR) is 131 cm³/mol. The SMILES string of the molecule is Cc1ccc(C(=O)N2CCN(c3ccc([N+](=O)[O-])c(N[C@H](C)c4ccccc4)c3)CC2)cc1. The minimum atomic E-state index is -0.359. The molecule has 1 aliphatic rings. The molecule has 3 aromatic carbocycles. The molecular weight excluding hydrogens is 416 g/mol. The van der Waals surface area contributed by atoms with Gasteiger partial charge in [0.05, 0.1) is 4.92 Å². The molecule has 1 atom stereocenters. The van der Waals surface area contributed by atoms with Crippen LogP contribution in [-0.4, -0.2) is 41.9 Å². The van der Waals surface area contributed by atoms with E-state index in [1.54, 1.807) is 12.1 Å². The Morgan fingerprint density at radius 3 is 2.27 bits per heavy atom. The number of nitrogens with one attached hydrogen (secondary N) is 1. The second-order valence-corrected chi connectivity index (χ2v) is 8.38. The van der Waals surface area contributed by atoms with E-state index in [9.17, 15) is 14.9 Å². The summed E-state index contributed by atoms with van der Waals surface area (Å²) in [5.41, 5.74) is 4.33. The number of hydrogen-bond acceptors (Lipinski definition) is 5. The van der Waals surface area contributed by atoms with Crippen LogP contribution in [0.15, 0.2) is 72.8 Å². The van der Waals surface area contributed by atoms with E-state index in [4.69, 9.17) is 0 Å². The Hall–Kier alpha value is -3.87. The molecular formula is C26H28N4O3. The summed E-state index contributed by atoms with van der Waals surface area (Å²) < 4.78 is 0. The van der Waals surface area contributed by atoms with E-state index in [1.807, 2.05) is 79.4 Å². The molecule has 1 fully saturated rings. The quantitative estimate of drug-likeness (QED) is 0.426. The molecule has 3 aromatic rings. The maximum atomic E-state index is 12.8. The molecule has 4 rings (SSSR count). The molecule has 7 heteroatoms. The number of nitrogens with zero attached hydrogens (tertiary/aromatic N) is 3. The fraction of sp³-hybridized carbons (Fsp3) is 0.269. The lowest BCUT2D eigenvalue weighted by molar-refractivity contribution is -0.384. The molecule has 7 nitrogen and oxygen atoms in total. The highest BCUT2D eigenvalue weighted by atomic mass is 16.6. The predicted octanol–water partition coefficient (Wildman–Crippen LogP) is 5.04. The minimum Gasteiger partial charge on any atom is -0.373 e. The van der Waals surface area contributed by atoms with Crippen molar-refractivity contribution in [3.63, 3.8) is 0 Å². The van der Waals surface area contributed by atoms with Crippen molar-refractivity contribution in [3.05, 3.63) is 99.6 Å². The van der Waals surface area contributed by atoms with Crippen LogP contribution >= 0.6 is 0 Å². The van der Waals surface area contributed by atoms with Crippen LogP contribution in [-0.2, 0) is 0 Å². The Labute approximate surface area is 193 Å². The van der Waals surface area contributed by atoms with Crippen LogP contribution in [0, 0.1) is 17.0 Å². The van der Waals surface area contributed by atoms with Crippen LogP contribution in [0.25, 0.3) is 0 Å². The van der Waals surface area contributed by atoms with Gasteiger partial charge in [-0.3, -0.25) is 14.9 Å². The highest BCUT2D eigenvalue weighted by Gasteiger charge is 2.24. The van der Waals surface area contributed by atoms with E-state index < -0.39 is 0 Å². The summed E-state index contributed by atoms with van der Waals surface area (Å²) in [5, 5.41) is 14.9. The van der Waals surface area contributed by atoms with Crippen molar-refractivity contribution in [1.82, 2.24) is 4.90 Å². The third-order valence-corrected chi connectivity index (χ3v) is 6.08. The van der Waals surface area contributed by atoms with Crippen molar-refractivity contribution >= 4 is 23.0 Å². The number of benzene rings is 3. The highest BCUT2D eigenvalue weighted by molar-refractivity contribution is 5.94. The average Bonchev–Trinajstić information content (AvgIpc) is 2.84. The van der Waals surface area contributed by atoms with E-state index in [2.05, 4.69) is 10.2 Å². The summed E-state index contributed by atoms with van der Waals surface area (Å²) in [5.74, 6) is 0.0393. The zero-order chi connectivity index (χ0) is 23.4. The highest BCUT2D eigenvalue weighted by Crippen LogP contribution is 2.33. The van der Waals surface area contributed by atoms with Crippen LogP contribution in [0.4, 0.5) is 17.1 Å². The molecule has 170 valence electrons. The number of carbonyl (C=O) groups excluding carboxylic acids is 1. The first-order valence-electron chi connectivity index (χ1n) is 11.1. The summed E-state index contributed by atoms with van der Waals surface area (Å²) in [6.45, 7) is 6.54. The van der Waals surface area contributed by atoms with E-state index in [1.165, 1.54) is 0 Å². The van der Waals surface area contributed by atoms with Gasteiger partial charge in [0.1, 0.15) is 5.69 Å². The first-order valence-corrected chi connectivity index (χ1v) is 11.1. The van der Waals surface area contributed by atoms with Gasteiger partial charge in [-0.15, -0.1) is 0 Å². The number of piperazine rings is 1. The monoisotopic (exact) mass is 444 g/mol. The smallest absolute Gasteiger partial charge is 0.292 e. The third-order valence-electron chi connectivity index (χ3n) is 6.08. The topological polar surface area (TPSA) is 78.7 Å². The summed E-state index contributed by atoms with van der Waals surface area (Å²) in [7, 11) is 0. The molecule has 1 aliphatic heterocycles. The summed E-state index contributed by atoms with van der Waals surface area (Å²) in [6, 6.07) is 22.6. The van der Waals surface area contributed by atoms with Gasteiger partial charge in [-0.2, -0.15) is 0 Å². The van der Waals surface area contributed by atoms with E-state index in [0.29, 0.717) is 37.4 Å². The van der Waals surface area contributed by atoms with Gasteiger partial charge in [0.2, 0.25) is 0 Å². The molecule has 1 amide bonds. The third kappa shape index (κ3) is 5.14. The number of carbonyl (C=O) groups is 1. The minimum absolute atomic E-state index is 0.0393. The second-order valence-electron chi connectivity index (χ2n) is 8.38. The Morgan fingerprint density at radius 2 is 1.64 bits per heavy atom. The fourth-order valence-corrected chi connectivity index (χ4v) is 4.10. The van der Waals surface area contributed by atoms with Gasteiger partial charge in [0, 0.05) is 49.5 Å². The van der Waals surface area contributed by atoms with Gasteiger partial charge in [0.15, 0.2) is 0 Å². The lowest BCUT2D eigenvalue weighted by Crippen LogP contribution is -2.48. The molecule has 0 aliphatic carbocycles. The van der Waals surface area contributed by atoms with Crippen LogP contribution in [0.5, 0.6) is 0 Å². The van der Waals surface area contributed by atoms with Gasteiger partial charge in [-0.1, -0.05) is 48.0 Å². The Balaban J connectivity index is 1.47. The van der Waals surface area contributed by atoms with Crippen molar-refractivity contribution in [1.29, 1.82) is 0 Å². The second kappa shape index (κ2) is 9.73. The number of rotatable bonds is 6. The number of amides is 1. The van der Waals surface area contributed by atoms with Gasteiger partial charge < -0.3 is 15.1 Å². The number of aryl methyl sites for hydroxylation is 1. The van der Waals surface area contributed by atoms with Gasteiger partial charge in [-0.25, -0.2) is 0 Å². The summed E-state index contributed by atoms with van der Waals surface area (Å²) >= 11 is 0. The Bertz CT molecular complexity index is 1120. The maximum absolute atomic E-state index is 12.8. The van der Waals surface area contributed by atoms with Crippen molar-refractivity contribution in [2.45, 2.75) is 19.9 Å². The number of nitro benzene ring substituents is 1. The average molecular weight is 445 g/mol.